The van der Waals surface area contributed by atoms with E-state index in [1.807, 2.05) is 12.1 Å². The summed E-state index contributed by atoms with van der Waals surface area (Å²) in [6.45, 7) is 2.86. The average molecular weight is 357 g/mol. The lowest BCUT2D eigenvalue weighted by Crippen LogP contribution is -2.59. The Kier molecular flexibility index (Phi) is 4.17. The van der Waals surface area contributed by atoms with Crippen molar-refractivity contribution >= 4 is 16.9 Å². The quantitative estimate of drug-likeness (QED) is 0.795. The molecule has 0 bridgehead atoms. The van der Waals surface area contributed by atoms with E-state index in [1.54, 1.807) is 30.3 Å². The number of likely N-dealkylation sites (tertiary alicyclic amines) is 1. The molecule has 2 fully saturated rings. The molecule has 0 radical (unpaired) electrons. The third-order valence-electron chi connectivity index (χ3n) is 5.64. The van der Waals surface area contributed by atoms with Crippen molar-refractivity contribution in [2.24, 2.45) is 0 Å². The molecule has 0 aliphatic carbocycles. The van der Waals surface area contributed by atoms with E-state index in [9.17, 15) is 15.0 Å². The Morgan fingerprint density at radius 1 is 1.27 bits per heavy atom. The average Bonchev–Trinajstić information content (AvgIpc) is 2.64. The van der Waals surface area contributed by atoms with E-state index >= 15 is 0 Å². The number of aliphatic hydroxyl groups excluding tert-OH is 1. The zero-order valence-corrected chi connectivity index (χ0v) is 14.8. The number of carbonyl (C=O) groups excluding carboxylic acids is 1. The number of piperidine rings is 1. The number of amides is 1. The number of hydrogen-bond donors (Lipinski definition) is 2. The first-order valence-corrected chi connectivity index (χ1v) is 8.94. The molecule has 2 N–H and O–H groups in total. The summed E-state index contributed by atoms with van der Waals surface area (Å²) in [6.07, 6.45) is 3.98. The summed E-state index contributed by atoms with van der Waals surface area (Å²) >= 11 is 0. The summed E-state index contributed by atoms with van der Waals surface area (Å²) in [7, 11) is 0. The molecule has 7 nitrogen and oxygen atoms in total. The van der Waals surface area contributed by atoms with Gasteiger partial charge < -0.3 is 19.8 Å². The van der Waals surface area contributed by atoms with Gasteiger partial charge in [0.15, 0.2) is 0 Å². The fourth-order valence-electron chi connectivity index (χ4n) is 4.03. The summed E-state index contributed by atoms with van der Waals surface area (Å²) < 4.78 is 5.89. The minimum atomic E-state index is -1.16. The molecule has 3 heterocycles. The number of hydrogen-bond acceptors (Lipinski definition) is 6. The van der Waals surface area contributed by atoms with E-state index < -0.39 is 17.3 Å². The summed E-state index contributed by atoms with van der Waals surface area (Å²) in [6, 6.07) is 5.44. The Labute approximate surface area is 151 Å². The lowest BCUT2D eigenvalue weighted by Gasteiger charge is -2.49. The number of nitrogens with zero attached hydrogens (tertiary/aromatic N) is 3. The molecule has 2 saturated heterocycles. The summed E-state index contributed by atoms with van der Waals surface area (Å²) in [4.78, 5) is 23.4. The van der Waals surface area contributed by atoms with Crippen molar-refractivity contribution < 1.29 is 19.7 Å². The van der Waals surface area contributed by atoms with Crippen molar-refractivity contribution in [2.75, 3.05) is 19.7 Å². The molecule has 2 aromatic rings. The minimum absolute atomic E-state index is 0.0615. The van der Waals surface area contributed by atoms with Crippen molar-refractivity contribution in [2.45, 2.75) is 43.5 Å². The first-order chi connectivity index (χ1) is 12.4. The number of benzene rings is 1. The highest BCUT2D eigenvalue weighted by Gasteiger charge is 2.49. The normalized spacial score (nSPS) is 28.4. The van der Waals surface area contributed by atoms with Gasteiger partial charge >= 0.3 is 0 Å². The molecule has 1 spiro atoms. The molecule has 1 aromatic carbocycles. The first kappa shape index (κ1) is 17.3. The molecule has 2 aliphatic rings. The van der Waals surface area contributed by atoms with Crippen LogP contribution in [-0.4, -0.2) is 68.0 Å². The molecule has 0 unspecified atom stereocenters. The first-order valence-electron chi connectivity index (χ1n) is 8.94. The number of carbonyl (C=O) groups is 1. The van der Waals surface area contributed by atoms with Crippen LogP contribution in [0.4, 0.5) is 0 Å². The Bertz CT molecular complexity index is 825. The maximum absolute atomic E-state index is 13.0. The molecule has 26 heavy (non-hydrogen) atoms. The van der Waals surface area contributed by atoms with Crippen LogP contribution in [0.5, 0.6) is 0 Å². The highest BCUT2D eigenvalue weighted by molar-refractivity contribution is 6.04. The van der Waals surface area contributed by atoms with Gasteiger partial charge in [-0.25, -0.2) is 0 Å². The Morgan fingerprint density at radius 2 is 2.00 bits per heavy atom. The largest absolute Gasteiger partial charge is 0.388 e. The molecule has 138 valence electrons. The lowest BCUT2D eigenvalue weighted by atomic mass is 9.76. The van der Waals surface area contributed by atoms with Gasteiger partial charge in [-0.3, -0.25) is 14.8 Å². The van der Waals surface area contributed by atoms with Crippen molar-refractivity contribution in [3.63, 3.8) is 0 Å². The van der Waals surface area contributed by atoms with Crippen LogP contribution in [-0.2, 0) is 4.74 Å². The van der Waals surface area contributed by atoms with Gasteiger partial charge in [-0.05, 0) is 31.9 Å². The molecule has 1 amide bonds. The van der Waals surface area contributed by atoms with Crippen molar-refractivity contribution in [1.29, 1.82) is 0 Å². The molecule has 2 aliphatic heterocycles. The Balaban J connectivity index is 1.50. The highest BCUT2D eigenvalue weighted by Crippen LogP contribution is 2.39. The van der Waals surface area contributed by atoms with Crippen LogP contribution < -0.4 is 0 Å². The molecular formula is C19H23N3O4. The number of para-hydroxylation sites is 1. The molecule has 7 heteroatoms. The molecule has 4 rings (SSSR count). The Morgan fingerprint density at radius 3 is 2.73 bits per heavy atom. The predicted octanol–water partition coefficient (Wildman–Crippen LogP) is 1.14. The summed E-state index contributed by atoms with van der Waals surface area (Å²) in [5, 5.41) is 20.3. The molecule has 0 saturated carbocycles. The van der Waals surface area contributed by atoms with Crippen molar-refractivity contribution in [3.8, 4) is 0 Å². The maximum Gasteiger partial charge on any atom is 0.256 e. The second-order valence-corrected chi connectivity index (χ2v) is 7.57. The second-order valence-electron chi connectivity index (χ2n) is 7.57. The van der Waals surface area contributed by atoms with E-state index in [2.05, 4.69) is 9.97 Å². The van der Waals surface area contributed by atoms with Crippen LogP contribution in [0.3, 0.4) is 0 Å². The van der Waals surface area contributed by atoms with E-state index in [-0.39, 0.29) is 12.5 Å². The van der Waals surface area contributed by atoms with Crippen LogP contribution in [0.25, 0.3) is 11.0 Å². The molecule has 2 atom stereocenters. The fourth-order valence-corrected chi connectivity index (χ4v) is 4.03. The van der Waals surface area contributed by atoms with Crippen molar-refractivity contribution in [1.82, 2.24) is 14.9 Å². The molecular weight excluding hydrogens is 334 g/mol. The maximum atomic E-state index is 13.0. The van der Waals surface area contributed by atoms with Gasteiger partial charge in [0.25, 0.3) is 5.91 Å². The monoisotopic (exact) mass is 357 g/mol. The van der Waals surface area contributed by atoms with Crippen LogP contribution in [0.15, 0.2) is 30.6 Å². The van der Waals surface area contributed by atoms with Crippen LogP contribution >= 0.6 is 0 Å². The van der Waals surface area contributed by atoms with Crippen LogP contribution in [0.2, 0.25) is 0 Å². The van der Waals surface area contributed by atoms with Gasteiger partial charge in [-0.2, -0.15) is 0 Å². The number of fused-ring (bicyclic) bond motifs is 1. The third kappa shape index (κ3) is 2.96. The number of ether oxygens (including phenoxy) is 1. The molecule has 1 aromatic heterocycles. The van der Waals surface area contributed by atoms with Crippen LogP contribution in [0, 0.1) is 0 Å². The topological polar surface area (TPSA) is 95.8 Å². The highest BCUT2D eigenvalue weighted by atomic mass is 16.5. The number of rotatable bonds is 1. The third-order valence-corrected chi connectivity index (χ3v) is 5.64. The van der Waals surface area contributed by atoms with E-state index in [4.69, 9.17) is 4.74 Å². The van der Waals surface area contributed by atoms with E-state index in [1.165, 1.54) is 0 Å². The second kappa shape index (κ2) is 6.26. The van der Waals surface area contributed by atoms with Gasteiger partial charge in [-0.1, -0.05) is 6.07 Å². The zero-order chi connectivity index (χ0) is 18.4. The van der Waals surface area contributed by atoms with Crippen molar-refractivity contribution in [3.05, 3.63) is 36.2 Å². The Hall–Kier alpha value is -2.09. The lowest BCUT2D eigenvalue weighted by molar-refractivity contribution is -0.221. The van der Waals surface area contributed by atoms with Gasteiger partial charge in [0, 0.05) is 31.9 Å². The zero-order valence-electron chi connectivity index (χ0n) is 14.8. The summed E-state index contributed by atoms with van der Waals surface area (Å²) in [5.74, 6) is -0.0615. The van der Waals surface area contributed by atoms with E-state index in [0.717, 1.165) is 0 Å². The van der Waals surface area contributed by atoms with Crippen LogP contribution in [0.1, 0.15) is 36.5 Å². The van der Waals surface area contributed by atoms with Gasteiger partial charge in [-0.15, -0.1) is 0 Å². The smallest absolute Gasteiger partial charge is 0.256 e. The standard InChI is InChI=1S/C19H23N3O4/c1-18(25)12-19(26-11-15(18)23)5-9-22(10-6-19)17(24)13-3-2-4-14-16(13)21-8-7-20-14/h2-4,7-8,15,23,25H,5-6,9-12H2,1H3/t15-,18-/m0/s1. The van der Waals surface area contributed by atoms with Gasteiger partial charge in [0.2, 0.25) is 0 Å². The SMILES string of the molecule is C[C@]1(O)CC2(CCN(C(=O)c3cccc4nccnc34)CC2)OC[C@@H]1O. The van der Waals surface area contributed by atoms with Gasteiger partial charge in [0.1, 0.15) is 11.6 Å². The number of aromatic nitrogens is 2. The summed E-state index contributed by atoms with van der Waals surface area (Å²) in [5.41, 5.74) is 0.236. The van der Waals surface area contributed by atoms with E-state index in [0.29, 0.717) is 48.9 Å². The predicted molar refractivity (Wildman–Crippen MR) is 94.6 cm³/mol. The van der Waals surface area contributed by atoms with Gasteiger partial charge in [0.05, 0.1) is 28.9 Å². The fraction of sp³-hybridized carbons (Fsp3) is 0.526. The minimum Gasteiger partial charge on any atom is -0.388 e. The number of aliphatic hydroxyl groups is 2.